The first-order chi connectivity index (χ1) is 9.15. The van der Waals surface area contributed by atoms with Crippen molar-refractivity contribution in [2.75, 3.05) is 22.7 Å². The van der Waals surface area contributed by atoms with Crippen molar-refractivity contribution in [2.24, 2.45) is 0 Å². The Kier molecular flexibility index (Phi) is 3.30. The highest BCUT2D eigenvalue weighted by molar-refractivity contribution is 7.93. The highest BCUT2D eigenvalue weighted by atomic mass is 32.2. The summed E-state index contributed by atoms with van der Waals surface area (Å²) in [5.74, 6) is 0.689. The van der Waals surface area contributed by atoms with Crippen molar-refractivity contribution < 1.29 is 8.42 Å². The molecule has 1 aliphatic heterocycles. The lowest BCUT2D eigenvalue weighted by atomic mass is 10.1. The second kappa shape index (κ2) is 4.96. The summed E-state index contributed by atoms with van der Waals surface area (Å²) in [6, 6.07) is 0. The summed E-state index contributed by atoms with van der Waals surface area (Å²) in [6.45, 7) is 1.96. The molecule has 0 unspecified atom stereocenters. The minimum Gasteiger partial charge on any atom is -0.341 e. The van der Waals surface area contributed by atoms with Crippen molar-refractivity contribution in [2.45, 2.75) is 37.4 Å². The molecule has 104 valence electrons. The molecular formula is C12H18N4O2S. The number of aromatic nitrogens is 2. The van der Waals surface area contributed by atoms with Crippen LogP contribution in [0.1, 0.15) is 32.1 Å². The summed E-state index contributed by atoms with van der Waals surface area (Å²) < 4.78 is 26.1. The van der Waals surface area contributed by atoms with E-state index in [1.807, 2.05) is 0 Å². The van der Waals surface area contributed by atoms with Gasteiger partial charge in [-0.3, -0.25) is 4.72 Å². The molecule has 2 heterocycles. The lowest BCUT2D eigenvalue weighted by Gasteiger charge is -2.26. The summed E-state index contributed by atoms with van der Waals surface area (Å²) in [7, 11) is -3.22. The van der Waals surface area contributed by atoms with Crippen LogP contribution in [0.3, 0.4) is 0 Å². The van der Waals surface area contributed by atoms with Crippen LogP contribution in [0.25, 0.3) is 0 Å². The van der Waals surface area contributed by atoms with Gasteiger partial charge >= 0.3 is 0 Å². The third kappa shape index (κ3) is 2.97. The van der Waals surface area contributed by atoms with E-state index >= 15 is 0 Å². The molecule has 1 saturated carbocycles. The standard InChI is InChI=1S/C12H18N4O2S/c17-19(18,11-4-5-11)15-10-8-13-12(14-9-10)16-6-2-1-3-7-16/h8-9,11,15H,1-7H2. The van der Waals surface area contributed by atoms with Gasteiger partial charge in [0.2, 0.25) is 16.0 Å². The number of nitrogens with one attached hydrogen (secondary N) is 1. The van der Waals surface area contributed by atoms with Gasteiger partial charge in [0.05, 0.1) is 23.3 Å². The Hall–Kier alpha value is -1.37. The normalized spacial score (nSPS) is 20.3. The van der Waals surface area contributed by atoms with E-state index in [4.69, 9.17) is 0 Å². The second-order valence-corrected chi connectivity index (χ2v) is 7.13. The monoisotopic (exact) mass is 282 g/mol. The number of rotatable bonds is 4. The average molecular weight is 282 g/mol. The van der Waals surface area contributed by atoms with Gasteiger partial charge in [-0.15, -0.1) is 0 Å². The third-order valence-corrected chi connectivity index (χ3v) is 5.37. The van der Waals surface area contributed by atoms with Gasteiger partial charge in [0.1, 0.15) is 0 Å². The van der Waals surface area contributed by atoms with Crippen molar-refractivity contribution in [3.05, 3.63) is 12.4 Å². The molecule has 2 aliphatic rings. The van der Waals surface area contributed by atoms with Crippen LogP contribution < -0.4 is 9.62 Å². The summed E-state index contributed by atoms with van der Waals surface area (Å²) in [4.78, 5) is 10.6. The van der Waals surface area contributed by atoms with Gasteiger partial charge in [-0.1, -0.05) is 0 Å². The van der Waals surface area contributed by atoms with Gasteiger partial charge in [-0.05, 0) is 32.1 Å². The van der Waals surface area contributed by atoms with E-state index in [2.05, 4.69) is 19.6 Å². The number of piperidine rings is 1. The van der Waals surface area contributed by atoms with Gasteiger partial charge in [0.15, 0.2) is 0 Å². The molecule has 0 radical (unpaired) electrons. The number of anilines is 2. The van der Waals surface area contributed by atoms with Crippen molar-refractivity contribution in [3.8, 4) is 0 Å². The van der Waals surface area contributed by atoms with Gasteiger partial charge in [-0.25, -0.2) is 18.4 Å². The van der Waals surface area contributed by atoms with E-state index in [0.29, 0.717) is 11.6 Å². The molecule has 7 heteroatoms. The summed E-state index contributed by atoms with van der Waals surface area (Å²) in [6.07, 6.45) is 8.20. The Morgan fingerprint density at radius 2 is 1.74 bits per heavy atom. The van der Waals surface area contributed by atoms with Crippen LogP contribution in [0.4, 0.5) is 11.6 Å². The van der Waals surface area contributed by atoms with Crippen LogP contribution in [-0.4, -0.2) is 36.7 Å². The van der Waals surface area contributed by atoms with Crippen LogP contribution in [0.5, 0.6) is 0 Å². The van der Waals surface area contributed by atoms with Crippen LogP contribution in [-0.2, 0) is 10.0 Å². The average Bonchev–Trinajstić information content (AvgIpc) is 3.25. The largest absolute Gasteiger partial charge is 0.341 e. The van der Waals surface area contributed by atoms with Gasteiger partial charge in [-0.2, -0.15) is 0 Å². The number of sulfonamides is 1. The zero-order valence-electron chi connectivity index (χ0n) is 10.7. The van der Waals surface area contributed by atoms with E-state index in [9.17, 15) is 8.42 Å². The van der Waals surface area contributed by atoms with Crippen molar-refractivity contribution in [1.29, 1.82) is 0 Å². The van der Waals surface area contributed by atoms with E-state index < -0.39 is 10.0 Å². The predicted octanol–water partition coefficient (Wildman–Crippen LogP) is 1.37. The molecule has 1 aliphatic carbocycles. The Labute approximate surface area is 113 Å². The molecule has 0 spiro atoms. The minimum atomic E-state index is -3.22. The second-order valence-electron chi connectivity index (χ2n) is 5.17. The molecule has 1 aromatic rings. The van der Waals surface area contributed by atoms with Crippen molar-refractivity contribution in [3.63, 3.8) is 0 Å². The molecule has 2 fully saturated rings. The Bertz CT molecular complexity index is 533. The topological polar surface area (TPSA) is 75.2 Å². The molecule has 19 heavy (non-hydrogen) atoms. The molecule has 0 amide bonds. The molecule has 0 atom stereocenters. The van der Waals surface area contributed by atoms with Crippen LogP contribution in [0, 0.1) is 0 Å². The maximum atomic E-state index is 11.8. The summed E-state index contributed by atoms with van der Waals surface area (Å²) in [5.41, 5.74) is 0.452. The predicted molar refractivity (Wildman–Crippen MR) is 73.7 cm³/mol. The van der Waals surface area contributed by atoms with Crippen molar-refractivity contribution in [1.82, 2.24) is 9.97 Å². The lowest BCUT2D eigenvalue weighted by molar-refractivity contribution is 0.568. The Balaban J connectivity index is 1.68. The van der Waals surface area contributed by atoms with E-state index in [1.54, 1.807) is 12.4 Å². The van der Waals surface area contributed by atoms with Gasteiger partial charge in [0.25, 0.3) is 0 Å². The van der Waals surface area contributed by atoms with E-state index in [0.717, 1.165) is 25.9 Å². The molecule has 1 saturated heterocycles. The lowest BCUT2D eigenvalue weighted by Crippen LogP contribution is -2.31. The first-order valence-corrected chi connectivity index (χ1v) is 8.28. The first-order valence-electron chi connectivity index (χ1n) is 6.74. The highest BCUT2D eigenvalue weighted by Crippen LogP contribution is 2.29. The quantitative estimate of drug-likeness (QED) is 0.902. The fourth-order valence-electron chi connectivity index (χ4n) is 2.26. The zero-order valence-corrected chi connectivity index (χ0v) is 11.6. The van der Waals surface area contributed by atoms with Crippen LogP contribution in [0.2, 0.25) is 0 Å². The Morgan fingerprint density at radius 3 is 2.32 bits per heavy atom. The molecule has 1 aromatic heterocycles. The molecule has 0 aromatic carbocycles. The van der Waals surface area contributed by atoms with E-state index in [1.165, 1.54) is 19.3 Å². The maximum absolute atomic E-state index is 11.8. The number of nitrogens with zero attached hydrogens (tertiary/aromatic N) is 3. The maximum Gasteiger partial charge on any atom is 0.235 e. The Morgan fingerprint density at radius 1 is 1.11 bits per heavy atom. The zero-order chi connectivity index (χ0) is 13.3. The summed E-state index contributed by atoms with van der Waals surface area (Å²) >= 11 is 0. The van der Waals surface area contributed by atoms with Crippen LogP contribution in [0.15, 0.2) is 12.4 Å². The van der Waals surface area contributed by atoms with Crippen molar-refractivity contribution >= 4 is 21.7 Å². The molecule has 1 N–H and O–H groups in total. The number of hydrogen-bond donors (Lipinski definition) is 1. The van der Waals surface area contributed by atoms with E-state index in [-0.39, 0.29) is 5.25 Å². The first kappa shape index (κ1) is 12.7. The molecule has 6 nitrogen and oxygen atoms in total. The van der Waals surface area contributed by atoms with Crippen LogP contribution >= 0.6 is 0 Å². The van der Waals surface area contributed by atoms with Gasteiger partial charge in [0, 0.05) is 13.1 Å². The third-order valence-electron chi connectivity index (χ3n) is 3.50. The highest BCUT2D eigenvalue weighted by Gasteiger charge is 2.35. The smallest absolute Gasteiger partial charge is 0.235 e. The SMILES string of the molecule is O=S(=O)(Nc1cnc(N2CCCCC2)nc1)C1CC1. The molecule has 0 bridgehead atoms. The van der Waals surface area contributed by atoms with Gasteiger partial charge < -0.3 is 4.90 Å². The molecule has 3 rings (SSSR count). The number of hydrogen-bond acceptors (Lipinski definition) is 5. The molecular weight excluding hydrogens is 264 g/mol. The summed E-state index contributed by atoms with van der Waals surface area (Å²) in [5, 5.41) is -0.228. The fourth-order valence-corrected chi connectivity index (χ4v) is 3.61. The fraction of sp³-hybridized carbons (Fsp3) is 0.667. The minimum absolute atomic E-state index is 0.228.